The van der Waals surface area contributed by atoms with Crippen LogP contribution in [0.25, 0.3) is 5.70 Å². The number of hydrogen-bond acceptors (Lipinski definition) is 5. The van der Waals surface area contributed by atoms with Crippen LogP contribution in [0.2, 0.25) is 5.02 Å². The van der Waals surface area contributed by atoms with Crippen LogP contribution in [-0.4, -0.2) is 42.1 Å². The van der Waals surface area contributed by atoms with Crippen LogP contribution in [0, 0.1) is 10.1 Å². The molecule has 0 fully saturated rings. The van der Waals surface area contributed by atoms with Crippen LogP contribution in [0.3, 0.4) is 0 Å². The number of nitrogens with one attached hydrogen (secondary N) is 1. The van der Waals surface area contributed by atoms with Gasteiger partial charge in [-0.05, 0) is 43.5 Å². The van der Waals surface area contributed by atoms with Gasteiger partial charge in [0.05, 0.1) is 0 Å². The summed E-state index contributed by atoms with van der Waals surface area (Å²) in [5, 5.41) is 26.6. The van der Waals surface area contributed by atoms with Crippen molar-refractivity contribution in [3.8, 4) is 0 Å². The third kappa shape index (κ3) is 8.02. The third-order valence-electron chi connectivity index (χ3n) is 3.38. The average Bonchev–Trinajstić information content (AvgIpc) is 2.49. The minimum absolute atomic E-state index is 0. The Kier molecular flexibility index (Phi) is 11.5. The summed E-state index contributed by atoms with van der Waals surface area (Å²) in [5.74, 6) is 0. The van der Waals surface area contributed by atoms with Crippen molar-refractivity contribution in [2.75, 3.05) is 31.6 Å². The molecule has 0 spiro atoms. The molecule has 0 amide bonds. The lowest BCUT2D eigenvalue weighted by Crippen LogP contribution is -2.26. The van der Waals surface area contributed by atoms with Crippen LogP contribution in [0.4, 0.5) is 5.69 Å². The maximum atomic E-state index is 8.75. The molecule has 0 aromatic heterocycles. The SMILES string of the molecule is CN1CC=C(NCCCCCO)c2ccc(Cl)cc21.I.O=[N+]([O-])O. The third-order valence-corrected chi connectivity index (χ3v) is 3.62. The molecule has 0 aliphatic carbocycles. The Bertz CT molecular complexity index is 554. The lowest BCUT2D eigenvalue weighted by molar-refractivity contribution is -0.742. The number of unbranched alkanes of at least 4 members (excludes halogenated alkanes) is 2. The summed E-state index contributed by atoms with van der Waals surface area (Å²) in [5.41, 5.74) is 3.57. The summed E-state index contributed by atoms with van der Waals surface area (Å²) >= 11 is 6.06. The van der Waals surface area contributed by atoms with Gasteiger partial charge in [-0.1, -0.05) is 11.6 Å². The van der Waals surface area contributed by atoms with Crippen LogP contribution in [0.5, 0.6) is 0 Å². The molecular weight excluding hydrogens is 449 g/mol. The number of anilines is 1. The molecule has 24 heavy (non-hydrogen) atoms. The van der Waals surface area contributed by atoms with Crippen molar-refractivity contribution in [1.29, 1.82) is 0 Å². The van der Waals surface area contributed by atoms with E-state index < -0.39 is 5.09 Å². The van der Waals surface area contributed by atoms with Crippen molar-refractivity contribution >= 4 is 47.0 Å². The van der Waals surface area contributed by atoms with E-state index in [1.54, 1.807) is 0 Å². The maximum Gasteiger partial charge on any atom is 0.291 e. The fourth-order valence-corrected chi connectivity index (χ4v) is 2.46. The van der Waals surface area contributed by atoms with Crippen LogP contribution in [-0.2, 0) is 0 Å². The molecule has 0 saturated heterocycles. The van der Waals surface area contributed by atoms with Gasteiger partial charge in [0.25, 0.3) is 5.09 Å². The largest absolute Gasteiger partial charge is 0.396 e. The quantitative estimate of drug-likeness (QED) is 0.255. The molecule has 7 nitrogen and oxygen atoms in total. The number of likely N-dealkylation sites (N-methyl/N-ethyl adjacent to an activating group) is 1. The number of nitrogens with zero attached hydrogens (tertiary/aromatic N) is 2. The number of benzene rings is 1. The molecular formula is C15H23ClIN3O4. The monoisotopic (exact) mass is 471 g/mol. The first-order valence-electron chi connectivity index (χ1n) is 7.35. The Hall–Kier alpha value is -1.26. The second-order valence-corrected chi connectivity index (χ2v) is 5.55. The highest BCUT2D eigenvalue weighted by molar-refractivity contribution is 14.0. The highest BCUT2D eigenvalue weighted by Gasteiger charge is 2.15. The highest BCUT2D eigenvalue weighted by Crippen LogP contribution is 2.31. The number of rotatable bonds is 6. The first kappa shape index (κ1) is 22.7. The lowest BCUT2D eigenvalue weighted by Gasteiger charge is -2.28. The fourth-order valence-electron chi connectivity index (χ4n) is 2.29. The zero-order chi connectivity index (χ0) is 17.2. The zero-order valence-electron chi connectivity index (χ0n) is 13.4. The van der Waals surface area contributed by atoms with Crippen LogP contribution in [0.1, 0.15) is 24.8 Å². The van der Waals surface area contributed by atoms with Crippen LogP contribution >= 0.6 is 35.6 Å². The predicted molar refractivity (Wildman–Crippen MR) is 106 cm³/mol. The zero-order valence-corrected chi connectivity index (χ0v) is 16.5. The van der Waals surface area contributed by atoms with Gasteiger partial charge in [-0.25, -0.2) is 0 Å². The van der Waals surface area contributed by atoms with E-state index in [1.807, 2.05) is 12.1 Å². The summed E-state index contributed by atoms with van der Waals surface area (Å²) in [4.78, 5) is 10.6. The van der Waals surface area contributed by atoms with Gasteiger partial charge >= 0.3 is 0 Å². The average molecular weight is 472 g/mol. The molecule has 2 rings (SSSR count). The first-order chi connectivity index (χ1) is 11.0. The van der Waals surface area contributed by atoms with E-state index in [0.29, 0.717) is 0 Å². The van der Waals surface area contributed by atoms with Crippen molar-refractivity contribution < 1.29 is 15.4 Å². The Morgan fingerprint density at radius 1 is 1.38 bits per heavy atom. The molecule has 3 N–H and O–H groups in total. The Morgan fingerprint density at radius 3 is 2.67 bits per heavy atom. The standard InChI is InChI=1S/C15H21ClN2O.HI.HNO3/c1-18-9-7-14(17-8-3-2-4-10-19)13-6-5-12(16)11-15(13)18;;2-1(3)4/h5-7,11,17,19H,2-4,8-10H2,1H3;1H;(H,2,3,4). The molecule has 1 aliphatic heterocycles. The normalized spacial score (nSPS) is 12.1. The van der Waals surface area contributed by atoms with Gasteiger partial charge in [0.2, 0.25) is 0 Å². The van der Waals surface area contributed by atoms with Crippen LogP contribution in [0.15, 0.2) is 24.3 Å². The summed E-state index contributed by atoms with van der Waals surface area (Å²) in [6.45, 7) is 2.12. The predicted octanol–water partition coefficient (Wildman–Crippen LogP) is 3.15. The van der Waals surface area contributed by atoms with Crippen molar-refractivity contribution in [3.63, 3.8) is 0 Å². The molecule has 0 radical (unpaired) electrons. The minimum atomic E-state index is -1.50. The van der Waals surface area contributed by atoms with Crippen molar-refractivity contribution in [2.24, 2.45) is 0 Å². The van der Waals surface area contributed by atoms with Crippen molar-refractivity contribution in [2.45, 2.75) is 19.3 Å². The molecule has 1 aromatic rings. The molecule has 136 valence electrons. The van der Waals surface area contributed by atoms with Gasteiger partial charge in [-0.2, -0.15) is 0 Å². The first-order valence-corrected chi connectivity index (χ1v) is 7.72. The number of aliphatic hydroxyl groups excluding tert-OH is 1. The second kappa shape index (κ2) is 12.2. The van der Waals surface area contributed by atoms with Gasteiger partial charge in [-0.3, -0.25) is 0 Å². The van der Waals surface area contributed by atoms with E-state index in [2.05, 4.69) is 29.4 Å². The van der Waals surface area contributed by atoms with Gasteiger partial charge in [0.1, 0.15) is 0 Å². The number of hydrogen-bond donors (Lipinski definition) is 3. The van der Waals surface area contributed by atoms with Crippen LogP contribution < -0.4 is 10.2 Å². The van der Waals surface area contributed by atoms with E-state index >= 15 is 0 Å². The number of aliphatic hydroxyl groups is 1. The Morgan fingerprint density at radius 2 is 2.04 bits per heavy atom. The van der Waals surface area contributed by atoms with Gasteiger partial charge < -0.3 is 20.5 Å². The smallest absolute Gasteiger partial charge is 0.291 e. The van der Waals surface area contributed by atoms with Gasteiger partial charge in [0.15, 0.2) is 0 Å². The minimum Gasteiger partial charge on any atom is -0.396 e. The summed E-state index contributed by atoms with van der Waals surface area (Å²) < 4.78 is 0. The number of fused-ring (bicyclic) bond motifs is 1. The summed E-state index contributed by atoms with van der Waals surface area (Å²) in [6, 6.07) is 6.01. The summed E-state index contributed by atoms with van der Waals surface area (Å²) in [6.07, 6.45) is 5.23. The van der Waals surface area contributed by atoms with Crippen molar-refractivity contribution in [1.82, 2.24) is 5.32 Å². The molecule has 0 unspecified atom stereocenters. The van der Waals surface area contributed by atoms with E-state index in [1.165, 1.54) is 16.9 Å². The molecule has 1 heterocycles. The molecule has 0 saturated carbocycles. The second-order valence-electron chi connectivity index (χ2n) is 5.11. The van der Waals surface area contributed by atoms with Crippen molar-refractivity contribution in [3.05, 3.63) is 45.0 Å². The van der Waals surface area contributed by atoms with Gasteiger partial charge in [0, 0.05) is 48.7 Å². The Balaban J connectivity index is 0.000000954. The molecule has 9 heteroatoms. The lowest BCUT2D eigenvalue weighted by atomic mass is 10.0. The van der Waals surface area contributed by atoms with E-state index in [9.17, 15) is 0 Å². The van der Waals surface area contributed by atoms with Gasteiger partial charge in [-0.15, -0.1) is 34.1 Å². The molecule has 0 bridgehead atoms. The molecule has 1 aromatic carbocycles. The highest BCUT2D eigenvalue weighted by atomic mass is 127. The fraction of sp³-hybridized carbons (Fsp3) is 0.467. The molecule has 1 aliphatic rings. The molecule has 0 atom stereocenters. The Labute approximate surface area is 163 Å². The maximum absolute atomic E-state index is 8.75. The number of halogens is 2. The van der Waals surface area contributed by atoms with E-state index in [4.69, 9.17) is 32.0 Å². The topological polar surface area (TPSA) is 98.9 Å². The summed E-state index contributed by atoms with van der Waals surface area (Å²) in [7, 11) is 2.07. The van der Waals surface area contributed by atoms with E-state index in [-0.39, 0.29) is 30.6 Å². The van der Waals surface area contributed by atoms with E-state index in [0.717, 1.165) is 37.4 Å².